The fraction of sp³-hybridized carbons (Fsp3) is 0.300. The van der Waals surface area contributed by atoms with E-state index in [2.05, 4.69) is 15.5 Å². The van der Waals surface area contributed by atoms with Crippen LogP contribution in [0.25, 0.3) is 11.5 Å². The number of aromatic nitrogens is 2. The monoisotopic (exact) mass is 458 g/mol. The molecule has 0 radical (unpaired) electrons. The van der Waals surface area contributed by atoms with Gasteiger partial charge in [0.05, 0.1) is 10.8 Å². The highest BCUT2D eigenvalue weighted by atomic mass is 32.2. The molecule has 0 saturated heterocycles. The summed E-state index contributed by atoms with van der Waals surface area (Å²) in [7, 11) is 0. The van der Waals surface area contributed by atoms with Gasteiger partial charge < -0.3 is 24.9 Å². The first-order valence-electron chi connectivity index (χ1n) is 9.65. The highest BCUT2D eigenvalue weighted by Crippen LogP contribution is 2.39. The van der Waals surface area contributed by atoms with Crippen LogP contribution >= 0.6 is 23.1 Å². The molecule has 0 spiro atoms. The summed E-state index contributed by atoms with van der Waals surface area (Å²) in [5.41, 5.74) is 7.66. The number of nitrogens with one attached hydrogen (secondary N) is 1. The third-order valence-electron chi connectivity index (χ3n) is 5.08. The first kappa shape index (κ1) is 19.9. The van der Waals surface area contributed by atoms with Crippen molar-refractivity contribution in [1.29, 1.82) is 0 Å². The van der Waals surface area contributed by atoms with Gasteiger partial charge in [0.1, 0.15) is 5.00 Å². The number of thiophene rings is 1. The molecule has 0 unspecified atom stereocenters. The molecule has 1 aromatic carbocycles. The molecule has 3 heterocycles. The second kappa shape index (κ2) is 7.89. The van der Waals surface area contributed by atoms with E-state index in [0.29, 0.717) is 33.5 Å². The number of aryl methyl sites for hydroxylation is 1. The molecule has 0 bridgehead atoms. The molecule has 3 aromatic rings. The summed E-state index contributed by atoms with van der Waals surface area (Å²) in [5.74, 6) is 0.818. The number of rotatable bonds is 6. The Kier molecular flexibility index (Phi) is 5.06. The van der Waals surface area contributed by atoms with Crippen LogP contribution in [-0.2, 0) is 17.6 Å². The number of amides is 2. The number of hydrogen-bond acceptors (Lipinski definition) is 9. The fourth-order valence-corrected chi connectivity index (χ4v) is 5.56. The summed E-state index contributed by atoms with van der Waals surface area (Å²) in [5, 5.41) is 11.2. The van der Waals surface area contributed by atoms with Crippen LogP contribution in [-0.4, -0.2) is 34.1 Å². The zero-order chi connectivity index (χ0) is 21.5. The minimum Gasteiger partial charge on any atom is -0.454 e. The summed E-state index contributed by atoms with van der Waals surface area (Å²) in [4.78, 5) is 25.8. The number of thioether (sulfide) groups is 1. The summed E-state index contributed by atoms with van der Waals surface area (Å²) in [6.07, 6.45) is 2.73. The molecule has 0 fully saturated rings. The average Bonchev–Trinajstić information content (AvgIpc) is 3.50. The van der Waals surface area contributed by atoms with Crippen LogP contribution in [0.1, 0.15) is 34.1 Å². The Hall–Kier alpha value is -3.05. The van der Waals surface area contributed by atoms with Gasteiger partial charge in [-0.25, -0.2) is 0 Å². The predicted octanol–water partition coefficient (Wildman–Crippen LogP) is 3.23. The number of carbonyl (C=O) groups is 2. The number of benzene rings is 1. The van der Waals surface area contributed by atoms with Gasteiger partial charge in [0.15, 0.2) is 11.5 Å². The van der Waals surface area contributed by atoms with Gasteiger partial charge in [-0.1, -0.05) is 11.8 Å². The first-order chi connectivity index (χ1) is 15.0. The molecule has 11 heteroatoms. The molecular weight excluding hydrogens is 440 g/mol. The maximum Gasteiger partial charge on any atom is 0.277 e. The normalized spacial score (nSPS) is 15.0. The first-order valence-corrected chi connectivity index (χ1v) is 11.3. The molecular formula is C20H18N4O5S2. The SMILES string of the molecule is C[C@H](Sc1nnc(-c2ccc3c(c2)OCO3)o1)C(=O)Nc1sc2c(c1C(N)=O)CCC2. The molecule has 0 saturated carbocycles. The third kappa shape index (κ3) is 3.74. The van der Waals surface area contributed by atoms with Crippen LogP contribution in [0, 0.1) is 0 Å². The van der Waals surface area contributed by atoms with Crippen molar-refractivity contribution in [3.05, 3.63) is 34.2 Å². The highest BCUT2D eigenvalue weighted by molar-refractivity contribution is 8.00. The summed E-state index contributed by atoms with van der Waals surface area (Å²) in [6, 6.07) is 5.34. The molecule has 5 rings (SSSR count). The predicted molar refractivity (Wildman–Crippen MR) is 115 cm³/mol. The number of carbonyl (C=O) groups excluding carboxylic acids is 2. The zero-order valence-corrected chi connectivity index (χ0v) is 18.1. The van der Waals surface area contributed by atoms with Crippen LogP contribution in [0.3, 0.4) is 0 Å². The lowest BCUT2D eigenvalue weighted by atomic mass is 10.1. The summed E-state index contributed by atoms with van der Waals surface area (Å²) in [6.45, 7) is 1.91. The molecule has 2 amide bonds. The lowest BCUT2D eigenvalue weighted by molar-refractivity contribution is -0.115. The number of fused-ring (bicyclic) bond motifs is 2. The smallest absolute Gasteiger partial charge is 0.277 e. The van der Waals surface area contributed by atoms with E-state index in [0.717, 1.165) is 41.5 Å². The van der Waals surface area contributed by atoms with Crippen molar-refractivity contribution >= 4 is 39.9 Å². The number of anilines is 1. The minimum atomic E-state index is -0.525. The van der Waals surface area contributed by atoms with Gasteiger partial charge in [-0.15, -0.1) is 21.5 Å². The maximum atomic E-state index is 12.7. The zero-order valence-electron chi connectivity index (χ0n) is 16.5. The number of primary amides is 1. The van der Waals surface area contributed by atoms with Gasteiger partial charge >= 0.3 is 0 Å². The standard InChI is InChI=1S/C20H18N4O5S2/c1-9(17(26)22-19-15(16(21)25)11-3-2-4-14(11)31-19)30-20-24-23-18(29-20)10-5-6-12-13(7-10)28-8-27-12/h5-7,9H,2-4,8H2,1H3,(H2,21,25)(H,22,26)/t9-/m0/s1. The Balaban J connectivity index is 1.27. The molecule has 31 heavy (non-hydrogen) atoms. The molecule has 3 N–H and O–H groups in total. The molecule has 1 aliphatic heterocycles. The van der Waals surface area contributed by atoms with Gasteiger partial charge in [-0.2, -0.15) is 0 Å². The number of hydrogen-bond donors (Lipinski definition) is 2. The lowest BCUT2D eigenvalue weighted by Gasteiger charge is -2.10. The van der Waals surface area contributed by atoms with Crippen LogP contribution in [0.15, 0.2) is 27.8 Å². The lowest BCUT2D eigenvalue weighted by Crippen LogP contribution is -2.24. The molecule has 9 nitrogen and oxygen atoms in total. The summed E-state index contributed by atoms with van der Waals surface area (Å²) >= 11 is 2.56. The van der Waals surface area contributed by atoms with Crippen molar-refractivity contribution in [3.63, 3.8) is 0 Å². The van der Waals surface area contributed by atoms with Gasteiger partial charge in [0, 0.05) is 10.4 Å². The van der Waals surface area contributed by atoms with Crippen molar-refractivity contribution < 1.29 is 23.5 Å². The van der Waals surface area contributed by atoms with Gasteiger partial charge in [0.2, 0.25) is 18.6 Å². The maximum absolute atomic E-state index is 12.7. The Morgan fingerprint density at radius 1 is 1.23 bits per heavy atom. The topological polar surface area (TPSA) is 130 Å². The highest BCUT2D eigenvalue weighted by Gasteiger charge is 2.28. The second-order valence-electron chi connectivity index (χ2n) is 7.12. The number of ether oxygens (including phenoxy) is 2. The van der Waals surface area contributed by atoms with Gasteiger partial charge in [0.25, 0.3) is 11.1 Å². The van der Waals surface area contributed by atoms with Crippen molar-refractivity contribution in [2.45, 2.75) is 36.7 Å². The van der Waals surface area contributed by atoms with Crippen LogP contribution in [0.4, 0.5) is 5.00 Å². The van der Waals surface area contributed by atoms with Gasteiger partial charge in [-0.05, 0) is 49.9 Å². The molecule has 160 valence electrons. The van der Waals surface area contributed by atoms with Crippen LogP contribution in [0.2, 0.25) is 0 Å². The van der Waals surface area contributed by atoms with E-state index in [4.69, 9.17) is 19.6 Å². The molecule has 1 atom stereocenters. The van der Waals surface area contributed by atoms with E-state index >= 15 is 0 Å². The third-order valence-corrected chi connectivity index (χ3v) is 7.22. The Labute approximate surface area is 185 Å². The van der Waals surface area contributed by atoms with Crippen LogP contribution < -0.4 is 20.5 Å². The molecule has 2 aliphatic rings. The fourth-order valence-electron chi connectivity index (χ4n) is 3.57. The Morgan fingerprint density at radius 2 is 2.06 bits per heavy atom. The van der Waals surface area contributed by atoms with Crippen molar-refractivity contribution in [2.75, 3.05) is 12.1 Å². The number of nitrogens with zero attached hydrogens (tertiary/aromatic N) is 2. The van der Waals surface area contributed by atoms with Crippen molar-refractivity contribution in [3.8, 4) is 23.0 Å². The largest absolute Gasteiger partial charge is 0.454 e. The van der Waals surface area contributed by atoms with E-state index < -0.39 is 11.2 Å². The van der Waals surface area contributed by atoms with E-state index in [1.54, 1.807) is 25.1 Å². The van der Waals surface area contributed by atoms with E-state index in [1.165, 1.54) is 11.3 Å². The second-order valence-corrected chi connectivity index (χ2v) is 9.51. The van der Waals surface area contributed by atoms with Gasteiger partial charge in [-0.3, -0.25) is 9.59 Å². The molecule has 1 aliphatic carbocycles. The van der Waals surface area contributed by atoms with Crippen molar-refractivity contribution in [2.24, 2.45) is 5.73 Å². The van der Waals surface area contributed by atoms with E-state index in [9.17, 15) is 9.59 Å². The summed E-state index contributed by atoms with van der Waals surface area (Å²) < 4.78 is 16.4. The van der Waals surface area contributed by atoms with Crippen molar-refractivity contribution in [1.82, 2.24) is 10.2 Å². The Bertz CT molecular complexity index is 1190. The van der Waals surface area contributed by atoms with E-state index in [-0.39, 0.29) is 17.9 Å². The van der Waals surface area contributed by atoms with Crippen LogP contribution in [0.5, 0.6) is 11.5 Å². The quantitative estimate of drug-likeness (QED) is 0.539. The average molecular weight is 459 g/mol. The molecule has 2 aromatic heterocycles. The van der Waals surface area contributed by atoms with E-state index in [1.807, 2.05) is 0 Å². The minimum absolute atomic E-state index is 0.182. The number of nitrogens with two attached hydrogens (primary N) is 1. The Morgan fingerprint density at radius 3 is 2.90 bits per heavy atom.